The summed E-state index contributed by atoms with van der Waals surface area (Å²) in [7, 11) is 1.44. The number of methoxy groups -OCH3 is 1. The van der Waals surface area contributed by atoms with Crippen LogP contribution in [-0.2, 0) is 16.1 Å². The Kier molecular flexibility index (Phi) is 7.70. The van der Waals surface area contributed by atoms with Crippen molar-refractivity contribution in [2.24, 2.45) is 4.99 Å². The summed E-state index contributed by atoms with van der Waals surface area (Å²) in [6, 6.07) is 12.0. The molecule has 0 fully saturated rings. The van der Waals surface area contributed by atoms with Crippen LogP contribution in [-0.4, -0.2) is 23.9 Å². The van der Waals surface area contributed by atoms with Gasteiger partial charge in [0.25, 0.3) is 5.69 Å². The van der Waals surface area contributed by atoms with E-state index in [1.54, 1.807) is 30.3 Å². The molecular formula is C24H14Cl4N2O6. The first-order valence-corrected chi connectivity index (χ1v) is 11.6. The number of carbonyl (C=O) groups is 1. The molecule has 0 saturated carbocycles. The molecule has 36 heavy (non-hydrogen) atoms. The normalized spacial score (nSPS) is 14.0. The van der Waals surface area contributed by atoms with Crippen molar-refractivity contribution in [2.45, 2.75) is 6.61 Å². The van der Waals surface area contributed by atoms with Crippen LogP contribution in [0.15, 0.2) is 59.2 Å². The van der Waals surface area contributed by atoms with Crippen molar-refractivity contribution in [3.63, 3.8) is 0 Å². The molecule has 0 aromatic heterocycles. The molecule has 0 bridgehead atoms. The molecule has 184 valence electrons. The Morgan fingerprint density at radius 2 is 1.75 bits per heavy atom. The molecule has 3 aromatic carbocycles. The molecule has 0 N–H and O–H groups in total. The van der Waals surface area contributed by atoms with Gasteiger partial charge in [0.15, 0.2) is 17.2 Å². The molecule has 0 amide bonds. The van der Waals surface area contributed by atoms with Crippen LogP contribution in [0.1, 0.15) is 16.7 Å². The molecule has 8 nitrogen and oxygen atoms in total. The van der Waals surface area contributed by atoms with Crippen molar-refractivity contribution >= 4 is 70.0 Å². The van der Waals surface area contributed by atoms with Crippen LogP contribution in [0.4, 0.5) is 5.69 Å². The average molecular weight is 568 g/mol. The van der Waals surface area contributed by atoms with Crippen LogP contribution >= 0.6 is 46.4 Å². The summed E-state index contributed by atoms with van der Waals surface area (Å²) in [5.41, 5.74) is 1.07. The number of esters is 1. The summed E-state index contributed by atoms with van der Waals surface area (Å²) < 4.78 is 16.4. The zero-order valence-corrected chi connectivity index (χ0v) is 21.3. The topological polar surface area (TPSA) is 100 Å². The number of ether oxygens (including phenoxy) is 3. The van der Waals surface area contributed by atoms with Gasteiger partial charge in [-0.15, -0.1) is 0 Å². The number of carbonyl (C=O) groups excluding carboxylic acids is 1. The van der Waals surface area contributed by atoms with E-state index in [1.165, 1.54) is 31.4 Å². The van der Waals surface area contributed by atoms with Gasteiger partial charge in [-0.2, -0.15) is 0 Å². The third-order valence-electron chi connectivity index (χ3n) is 4.93. The summed E-state index contributed by atoms with van der Waals surface area (Å²) in [5.74, 6) is -0.317. The van der Waals surface area contributed by atoms with E-state index in [0.717, 1.165) is 5.56 Å². The van der Waals surface area contributed by atoms with E-state index in [-0.39, 0.29) is 45.2 Å². The van der Waals surface area contributed by atoms with Gasteiger partial charge < -0.3 is 14.2 Å². The van der Waals surface area contributed by atoms with E-state index >= 15 is 0 Å². The van der Waals surface area contributed by atoms with Crippen LogP contribution in [0.25, 0.3) is 6.08 Å². The lowest BCUT2D eigenvalue weighted by Crippen LogP contribution is -2.06. The van der Waals surface area contributed by atoms with Gasteiger partial charge in [-0.25, -0.2) is 9.79 Å². The quantitative estimate of drug-likeness (QED) is 0.130. The van der Waals surface area contributed by atoms with Crippen molar-refractivity contribution in [3.05, 3.63) is 101 Å². The van der Waals surface area contributed by atoms with Crippen molar-refractivity contribution in [2.75, 3.05) is 7.11 Å². The van der Waals surface area contributed by atoms with Gasteiger partial charge in [-0.3, -0.25) is 10.1 Å². The molecule has 4 rings (SSSR count). The van der Waals surface area contributed by atoms with Crippen LogP contribution in [0.5, 0.6) is 11.5 Å². The zero-order valence-electron chi connectivity index (χ0n) is 18.3. The predicted octanol–water partition coefficient (Wildman–Crippen LogP) is 7.14. The lowest BCUT2D eigenvalue weighted by atomic mass is 10.1. The number of hydrogen-bond donors (Lipinski definition) is 0. The number of non-ortho nitro benzene ring substituents is 1. The fourth-order valence-corrected chi connectivity index (χ4v) is 4.01. The van der Waals surface area contributed by atoms with Crippen LogP contribution in [0.2, 0.25) is 20.1 Å². The molecule has 0 atom stereocenters. The highest BCUT2D eigenvalue weighted by Crippen LogP contribution is 2.38. The Morgan fingerprint density at radius 1 is 1.00 bits per heavy atom. The lowest BCUT2D eigenvalue weighted by molar-refractivity contribution is -0.384. The molecule has 3 aromatic rings. The van der Waals surface area contributed by atoms with Gasteiger partial charge in [-0.1, -0.05) is 52.5 Å². The third-order valence-corrected chi connectivity index (χ3v) is 6.28. The largest absolute Gasteiger partial charge is 0.493 e. The van der Waals surface area contributed by atoms with Crippen molar-refractivity contribution < 1.29 is 23.9 Å². The summed E-state index contributed by atoms with van der Waals surface area (Å²) in [6.07, 6.45) is 1.43. The molecule has 0 saturated heterocycles. The molecule has 1 heterocycles. The number of cyclic esters (lactones) is 1. The second kappa shape index (κ2) is 10.8. The van der Waals surface area contributed by atoms with Gasteiger partial charge >= 0.3 is 5.97 Å². The molecule has 1 aliphatic heterocycles. The Balaban J connectivity index is 1.61. The number of aliphatic imine (C=N–C) groups is 1. The van der Waals surface area contributed by atoms with Gasteiger partial charge in [0.2, 0.25) is 5.90 Å². The minimum absolute atomic E-state index is 0.0600. The fraction of sp³-hybridized carbons (Fsp3) is 0.0833. The van der Waals surface area contributed by atoms with Gasteiger partial charge in [0, 0.05) is 12.1 Å². The Bertz CT molecular complexity index is 1450. The van der Waals surface area contributed by atoms with Gasteiger partial charge in [-0.05, 0) is 47.5 Å². The first-order valence-electron chi connectivity index (χ1n) is 10.1. The Hall–Kier alpha value is -3.30. The molecule has 0 unspecified atom stereocenters. The number of nitro benzene ring substituents is 1. The summed E-state index contributed by atoms with van der Waals surface area (Å²) in [6.45, 7) is 0.150. The first-order chi connectivity index (χ1) is 17.2. The van der Waals surface area contributed by atoms with Crippen molar-refractivity contribution in [3.8, 4) is 11.5 Å². The standard InChI is InChI=1S/C24H14Cl4N2O6/c1-34-21-9-13(7-19(28)22(21)35-11-12-2-4-17(26)18(27)6-12)8-20-24(31)36-23(29-20)15-10-14(30(32)33)3-5-16(15)25/h2-10H,11H2,1H3/b20-8-. The van der Waals surface area contributed by atoms with Crippen LogP contribution in [0, 0.1) is 10.1 Å². The second-order valence-electron chi connectivity index (χ2n) is 7.33. The maximum atomic E-state index is 12.4. The summed E-state index contributed by atoms with van der Waals surface area (Å²) in [4.78, 5) is 27.1. The third kappa shape index (κ3) is 5.57. The van der Waals surface area contributed by atoms with Gasteiger partial charge in [0.05, 0.1) is 37.7 Å². The lowest BCUT2D eigenvalue weighted by Gasteiger charge is -2.14. The molecule has 0 aliphatic carbocycles. The maximum absolute atomic E-state index is 12.4. The number of nitrogens with zero attached hydrogens (tertiary/aromatic N) is 2. The highest BCUT2D eigenvalue weighted by Gasteiger charge is 2.27. The number of halogens is 4. The van der Waals surface area contributed by atoms with E-state index < -0.39 is 10.9 Å². The molecular weight excluding hydrogens is 554 g/mol. The number of rotatable bonds is 7. The highest BCUT2D eigenvalue weighted by molar-refractivity contribution is 6.42. The van der Waals surface area contributed by atoms with E-state index in [9.17, 15) is 14.9 Å². The predicted molar refractivity (Wildman–Crippen MR) is 138 cm³/mol. The first kappa shape index (κ1) is 25.8. The van der Waals surface area contributed by atoms with Gasteiger partial charge in [0.1, 0.15) is 6.61 Å². The van der Waals surface area contributed by atoms with E-state index in [0.29, 0.717) is 21.4 Å². The fourth-order valence-electron chi connectivity index (χ4n) is 3.22. The second-order valence-corrected chi connectivity index (χ2v) is 8.96. The highest BCUT2D eigenvalue weighted by atomic mass is 35.5. The summed E-state index contributed by atoms with van der Waals surface area (Å²) in [5, 5.41) is 12.3. The SMILES string of the molecule is COc1cc(/C=C2\N=C(c3cc([N+](=O)[O-])ccc3Cl)OC2=O)cc(Cl)c1OCc1ccc(Cl)c(Cl)c1. The molecule has 12 heteroatoms. The van der Waals surface area contributed by atoms with Crippen LogP contribution < -0.4 is 9.47 Å². The maximum Gasteiger partial charge on any atom is 0.363 e. The van der Waals surface area contributed by atoms with E-state index in [1.807, 2.05) is 0 Å². The molecule has 1 aliphatic rings. The Labute approximate surface area is 224 Å². The molecule has 0 radical (unpaired) electrons. The van der Waals surface area contributed by atoms with E-state index in [2.05, 4.69) is 4.99 Å². The minimum atomic E-state index is -0.761. The summed E-state index contributed by atoms with van der Waals surface area (Å²) >= 11 is 24.6. The number of hydrogen-bond acceptors (Lipinski definition) is 7. The number of benzene rings is 3. The smallest absolute Gasteiger partial charge is 0.363 e. The molecule has 0 spiro atoms. The zero-order chi connectivity index (χ0) is 26.0. The van der Waals surface area contributed by atoms with E-state index in [4.69, 9.17) is 60.6 Å². The Morgan fingerprint density at radius 3 is 2.44 bits per heavy atom. The van der Waals surface area contributed by atoms with Crippen molar-refractivity contribution in [1.29, 1.82) is 0 Å². The minimum Gasteiger partial charge on any atom is -0.493 e. The average Bonchev–Trinajstić information content (AvgIpc) is 3.20. The van der Waals surface area contributed by atoms with Crippen molar-refractivity contribution in [1.82, 2.24) is 0 Å². The monoisotopic (exact) mass is 566 g/mol. The van der Waals surface area contributed by atoms with Crippen LogP contribution in [0.3, 0.4) is 0 Å². The number of nitro groups is 1.